The van der Waals surface area contributed by atoms with E-state index >= 15 is 0 Å². The molecule has 1 aliphatic heterocycles. The van der Waals surface area contributed by atoms with Gasteiger partial charge in [-0.3, -0.25) is 4.79 Å². The summed E-state index contributed by atoms with van der Waals surface area (Å²) in [6.07, 6.45) is 1.53. The molecule has 0 saturated carbocycles. The van der Waals surface area contributed by atoms with E-state index in [1.54, 1.807) is 12.1 Å². The van der Waals surface area contributed by atoms with Gasteiger partial charge in [0, 0.05) is 19.0 Å². The van der Waals surface area contributed by atoms with Gasteiger partial charge in [0.2, 0.25) is 5.91 Å². The summed E-state index contributed by atoms with van der Waals surface area (Å²) in [6, 6.07) is 13.7. The van der Waals surface area contributed by atoms with Gasteiger partial charge in [-0.15, -0.1) is 0 Å². The van der Waals surface area contributed by atoms with Crippen molar-refractivity contribution in [3.63, 3.8) is 0 Å². The molecular formula is C21H21Cl2N3O2. The number of carbonyl (C=O) groups is 1. The normalized spacial score (nSPS) is 16.3. The van der Waals surface area contributed by atoms with Crippen LogP contribution in [0.15, 0.2) is 46.9 Å². The van der Waals surface area contributed by atoms with Crippen molar-refractivity contribution in [3.8, 4) is 0 Å². The van der Waals surface area contributed by atoms with E-state index in [0.717, 1.165) is 42.6 Å². The number of oxazole rings is 1. The average molecular weight is 418 g/mol. The Bertz CT molecular complexity index is 963. The highest BCUT2D eigenvalue weighted by atomic mass is 35.5. The van der Waals surface area contributed by atoms with E-state index in [-0.39, 0.29) is 17.9 Å². The summed E-state index contributed by atoms with van der Waals surface area (Å²) in [5.41, 5.74) is 2.58. The number of hydrogen-bond donors (Lipinski definition) is 1. The molecule has 0 aliphatic carbocycles. The van der Waals surface area contributed by atoms with Gasteiger partial charge in [-0.25, -0.2) is 0 Å². The van der Waals surface area contributed by atoms with Crippen LogP contribution in [-0.4, -0.2) is 24.0 Å². The molecule has 146 valence electrons. The first kappa shape index (κ1) is 19.1. The number of piperidine rings is 1. The highest BCUT2D eigenvalue weighted by Gasteiger charge is 2.28. The lowest BCUT2D eigenvalue weighted by Crippen LogP contribution is -2.41. The number of nitrogens with zero attached hydrogens (tertiary/aromatic N) is 2. The molecule has 7 heteroatoms. The monoisotopic (exact) mass is 417 g/mol. The molecule has 1 amide bonds. The Hall–Kier alpha value is -2.24. The number of anilines is 1. The summed E-state index contributed by atoms with van der Waals surface area (Å²) < 4.78 is 5.84. The number of hydrogen-bond acceptors (Lipinski definition) is 4. The first-order valence-electron chi connectivity index (χ1n) is 9.37. The van der Waals surface area contributed by atoms with Gasteiger partial charge >= 0.3 is 0 Å². The van der Waals surface area contributed by atoms with Crippen molar-refractivity contribution in [2.75, 3.05) is 18.0 Å². The van der Waals surface area contributed by atoms with Crippen molar-refractivity contribution in [2.45, 2.75) is 25.8 Å². The largest absolute Gasteiger partial charge is 0.423 e. The van der Waals surface area contributed by atoms with Crippen molar-refractivity contribution in [1.82, 2.24) is 10.3 Å². The molecule has 1 fully saturated rings. The van der Waals surface area contributed by atoms with Gasteiger partial charge < -0.3 is 14.6 Å². The molecule has 28 heavy (non-hydrogen) atoms. The maximum Gasteiger partial charge on any atom is 0.298 e. The molecule has 2 heterocycles. The second-order valence-electron chi connectivity index (χ2n) is 7.13. The van der Waals surface area contributed by atoms with Gasteiger partial charge in [-0.1, -0.05) is 41.4 Å². The number of halogens is 2. The Kier molecular flexibility index (Phi) is 5.47. The number of amides is 1. The number of aromatic nitrogens is 1. The molecule has 1 aliphatic rings. The van der Waals surface area contributed by atoms with Crippen molar-refractivity contribution >= 4 is 46.2 Å². The molecule has 5 nitrogen and oxygen atoms in total. The Morgan fingerprint density at radius 1 is 1.18 bits per heavy atom. The third-order valence-electron chi connectivity index (χ3n) is 5.22. The Morgan fingerprint density at radius 2 is 1.93 bits per heavy atom. The molecule has 1 N–H and O–H groups in total. The fraction of sp³-hybridized carbons (Fsp3) is 0.333. The predicted molar refractivity (Wildman–Crippen MR) is 112 cm³/mol. The van der Waals surface area contributed by atoms with Gasteiger partial charge in [-0.05, 0) is 49.6 Å². The maximum absolute atomic E-state index is 12.7. The van der Waals surface area contributed by atoms with E-state index < -0.39 is 0 Å². The zero-order valence-electron chi connectivity index (χ0n) is 15.5. The first-order chi connectivity index (χ1) is 13.5. The lowest BCUT2D eigenvalue weighted by Gasteiger charge is -2.30. The second kappa shape index (κ2) is 8.02. The Balaban J connectivity index is 1.35. The van der Waals surface area contributed by atoms with Crippen molar-refractivity contribution < 1.29 is 9.21 Å². The summed E-state index contributed by atoms with van der Waals surface area (Å²) in [4.78, 5) is 19.3. The van der Waals surface area contributed by atoms with E-state index in [2.05, 4.69) is 15.2 Å². The van der Waals surface area contributed by atoms with Crippen LogP contribution in [0.5, 0.6) is 0 Å². The van der Waals surface area contributed by atoms with Crippen LogP contribution in [-0.2, 0) is 4.79 Å². The van der Waals surface area contributed by atoms with E-state index in [1.807, 2.05) is 37.3 Å². The highest BCUT2D eigenvalue weighted by Crippen LogP contribution is 2.28. The molecule has 4 rings (SSSR count). The van der Waals surface area contributed by atoms with Gasteiger partial charge in [0.1, 0.15) is 5.52 Å². The first-order valence-corrected chi connectivity index (χ1v) is 10.1. The average Bonchev–Trinajstić information content (AvgIpc) is 3.14. The molecule has 0 spiro atoms. The summed E-state index contributed by atoms with van der Waals surface area (Å²) in [6.45, 7) is 3.43. The third kappa shape index (κ3) is 3.96. The van der Waals surface area contributed by atoms with Crippen LogP contribution in [0.1, 0.15) is 31.4 Å². The number of rotatable bonds is 4. The third-order valence-corrected chi connectivity index (χ3v) is 5.96. The second-order valence-corrected chi connectivity index (χ2v) is 7.94. The van der Waals surface area contributed by atoms with E-state index in [0.29, 0.717) is 16.1 Å². The minimum absolute atomic E-state index is 0.0224. The number of fused-ring (bicyclic) bond motifs is 1. The minimum atomic E-state index is -0.127. The molecule has 3 aromatic rings. The molecule has 0 radical (unpaired) electrons. The van der Waals surface area contributed by atoms with Crippen LogP contribution in [0.3, 0.4) is 0 Å². The molecule has 1 unspecified atom stereocenters. The lowest BCUT2D eigenvalue weighted by molar-refractivity contribution is -0.126. The summed E-state index contributed by atoms with van der Waals surface area (Å²) in [5.74, 6) is 0.0432. The van der Waals surface area contributed by atoms with Crippen LogP contribution in [0, 0.1) is 5.92 Å². The molecular weight excluding hydrogens is 397 g/mol. The van der Waals surface area contributed by atoms with E-state index in [1.165, 1.54) is 0 Å². The number of para-hydroxylation sites is 2. The van der Waals surface area contributed by atoms with Crippen LogP contribution in [0.4, 0.5) is 6.01 Å². The zero-order valence-corrected chi connectivity index (χ0v) is 17.0. The molecule has 1 saturated heterocycles. The SMILES string of the molecule is CC(NC(=O)C1CCN(c2nc3ccccc3o2)CC1)c1ccc(Cl)c(Cl)c1. The fourth-order valence-electron chi connectivity index (χ4n) is 3.52. The standard InChI is InChI=1S/C21H21Cl2N3O2/c1-13(15-6-7-16(22)17(23)12-15)24-20(27)14-8-10-26(11-9-14)21-25-18-4-2-3-5-19(18)28-21/h2-7,12-14H,8-11H2,1H3,(H,24,27). The lowest BCUT2D eigenvalue weighted by atomic mass is 9.95. The summed E-state index contributed by atoms with van der Waals surface area (Å²) in [5, 5.41) is 4.09. The van der Waals surface area contributed by atoms with E-state index in [9.17, 15) is 4.79 Å². The summed E-state index contributed by atoms with van der Waals surface area (Å²) >= 11 is 12.0. The van der Waals surface area contributed by atoms with E-state index in [4.69, 9.17) is 27.6 Å². The topological polar surface area (TPSA) is 58.4 Å². The predicted octanol–water partition coefficient (Wildman–Crippen LogP) is 5.23. The van der Waals surface area contributed by atoms with Gasteiger partial charge in [0.25, 0.3) is 6.01 Å². The van der Waals surface area contributed by atoms with Crippen molar-refractivity contribution in [3.05, 3.63) is 58.1 Å². The van der Waals surface area contributed by atoms with Crippen LogP contribution in [0.2, 0.25) is 10.0 Å². The highest BCUT2D eigenvalue weighted by molar-refractivity contribution is 6.42. The number of benzene rings is 2. The van der Waals surface area contributed by atoms with Crippen molar-refractivity contribution in [1.29, 1.82) is 0 Å². The molecule has 1 atom stereocenters. The van der Waals surface area contributed by atoms with Crippen molar-refractivity contribution in [2.24, 2.45) is 5.92 Å². The van der Waals surface area contributed by atoms with Crippen LogP contribution in [0.25, 0.3) is 11.1 Å². The summed E-state index contributed by atoms with van der Waals surface area (Å²) in [7, 11) is 0. The van der Waals surface area contributed by atoms with Gasteiger partial charge in [-0.2, -0.15) is 4.98 Å². The fourth-order valence-corrected chi connectivity index (χ4v) is 3.83. The Labute approximate surface area is 173 Å². The Morgan fingerprint density at radius 3 is 2.64 bits per heavy atom. The number of carbonyl (C=O) groups excluding carboxylic acids is 1. The minimum Gasteiger partial charge on any atom is -0.423 e. The van der Waals surface area contributed by atoms with Gasteiger partial charge in [0.15, 0.2) is 5.58 Å². The molecule has 2 aromatic carbocycles. The molecule has 1 aromatic heterocycles. The zero-order chi connectivity index (χ0) is 19.7. The van der Waals surface area contributed by atoms with Crippen LogP contribution >= 0.6 is 23.2 Å². The van der Waals surface area contributed by atoms with Gasteiger partial charge in [0.05, 0.1) is 16.1 Å². The quantitative estimate of drug-likeness (QED) is 0.631. The maximum atomic E-state index is 12.7. The number of nitrogens with one attached hydrogen (secondary N) is 1. The smallest absolute Gasteiger partial charge is 0.298 e. The van der Waals surface area contributed by atoms with Crippen LogP contribution < -0.4 is 10.2 Å². The molecule has 0 bridgehead atoms.